The molecule has 0 radical (unpaired) electrons. The van der Waals surface area contributed by atoms with E-state index in [1.54, 1.807) is 0 Å². The molecule has 1 heteroatoms. The first-order valence-corrected chi connectivity index (χ1v) is 21.0. The van der Waals surface area contributed by atoms with Gasteiger partial charge in [0.05, 0.1) is 0 Å². The van der Waals surface area contributed by atoms with Crippen molar-refractivity contribution in [3.63, 3.8) is 0 Å². The average Bonchev–Trinajstić information content (AvgIpc) is 3.32. The Bertz CT molecular complexity index is 3280. The highest BCUT2D eigenvalue weighted by Gasteiger charge is 2.37. The molecule has 0 saturated carbocycles. The Labute approximate surface area is 351 Å². The number of rotatable bonds is 7. The number of allylic oxidation sites excluding steroid dienone is 4. The smallest absolute Gasteiger partial charge is 0.0467 e. The van der Waals surface area contributed by atoms with Crippen molar-refractivity contribution in [2.75, 3.05) is 4.90 Å². The van der Waals surface area contributed by atoms with Crippen LogP contribution in [0.2, 0.25) is 0 Å². The van der Waals surface area contributed by atoms with E-state index in [-0.39, 0.29) is 11.3 Å². The maximum atomic E-state index is 2.49. The normalized spacial score (nSPS) is 16.6. The van der Waals surface area contributed by atoms with Crippen LogP contribution in [0.25, 0.3) is 66.6 Å². The molecule has 0 saturated heterocycles. The summed E-state index contributed by atoms with van der Waals surface area (Å²) in [5, 5.41) is 7.66. The van der Waals surface area contributed by atoms with Crippen molar-refractivity contribution in [1.82, 2.24) is 0 Å². The fourth-order valence-corrected chi connectivity index (χ4v) is 9.81. The van der Waals surface area contributed by atoms with Gasteiger partial charge < -0.3 is 4.90 Å². The van der Waals surface area contributed by atoms with Crippen LogP contribution in [0.3, 0.4) is 0 Å². The van der Waals surface area contributed by atoms with Crippen LogP contribution in [-0.4, -0.2) is 0 Å². The highest BCUT2D eigenvalue weighted by molar-refractivity contribution is 6.14. The van der Waals surface area contributed by atoms with Gasteiger partial charge in [0.25, 0.3) is 0 Å². The average molecular weight is 766 g/mol. The molecule has 1 nitrogen and oxygen atoms in total. The van der Waals surface area contributed by atoms with Crippen LogP contribution in [0.1, 0.15) is 12.5 Å². The van der Waals surface area contributed by atoms with Crippen LogP contribution in [0, 0.1) is 5.92 Å². The molecule has 2 aliphatic carbocycles. The minimum atomic E-state index is -0.260. The predicted molar refractivity (Wildman–Crippen MR) is 255 cm³/mol. The Morgan fingerprint density at radius 3 is 1.88 bits per heavy atom. The molecule has 0 aromatic heterocycles. The molecule has 11 rings (SSSR count). The molecule has 9 aromatic rings. The molecule has 0 heterocycles. The molecule has 0 bridgehead atoms. The molecule has 0 spiro atoms. The third kappa shape index (κ3) is 6.10. The molecular formula is C59H43N. The summed E-state index contributed by atoms with van der Waals surface area (Å²) in [5.41, 5.74) is 13.0. The predicted octanol–water partition coefficient (Wildman–Crippen LogP) is 14.1. The minimum Gasteiger partial charge on any atom is -0.310 e. The van der Waals surface area contributed by atoms with E-state index in [4.69, 9.17) is 0 Å². The lowest BCUT2D eigenvalue weighted by Gasteiger charge is -2.39. The highest BCUT2D eigenvalue weighted by Crippen LogP contribution is 2.46. The van der Waals surface area contributed by atoms with Gasteiger partial charge in [0.15, 0.2) is 0 Å². The summed E-state index contributed by atoms with van der Waals surface area (Å²) < 4.78 is 0. The minimum absolute atomic E-state index is 0.217. The molecule has 2 aliphatic rings. The molecule has 60 heavy (non-hydrogen) atoms. The Hall–Kier alpha value is -7.48. The fourth-order valence-electron chi connectivity index (χ4n) is 9.81. The van der Waals surface area contributed by atoms with Gasteiger partial charge in [0, 0.05) is 28.4 Å². The summed E-state index contributed by atoms with van der Waals surface area (Å²) in [6.45, 7) is 2.41. The van der Waals surface area contributed by atoms with Gasteiger partial charge in [-0.2, -0.15) is 0 Å². The van der Waals surface area contributed by atoms with E-state index in [1.807, 2.05) is 0 Å². The zero-order valence-corrected chi connectivity index (χ0v) is 33.5. The summed E-state index contributed by atoms with van der Waals surface area (Å²) in [7, 11) is 0. The van der Waals surface area contributed by atoms with Crippen molar-refractivity contribution in [2.24, 2.45) is 5.92 Å². The zero-order chi connectivity index (χ0) is 40.0. The van der Waals surface area contributed by atoms with Crippen LogP contribution >= 0.6 is 0 Å². The molecule has 0 fully saturated rings. The van der Waals surface area contributed by atoms with E-state index in [2.05, 4.69) is 248 Å². The number of nitrogens with zero attached hydrogens (tertiary/aromatic N) is 1. The fraction of sp³-hybridized carbons (Fsp3) is 0.0508. The first-order valence-electron chi connectivity index (χ1n) is 21.0. The zero-order valence-electron chi connectivity index (χ0n) is 33.5. The number of hydrogen-bond donors (Lipinski definition) is 0. The lowest BCUT2D eigenvalue weighted by atomic mass is 9.64. The lowest BCUT2D eigenvalue weighted by Crippen LogP contribution is -2.43. The van der Waals surface area contributed by atoms with Gasteiger partial charge in [-0.25, -0.2) is 0 Å². The van der Waals surface area contributed by atoms with Gasteiger partial charge in [0.1, 0.15) is 0 Å². The Morgan fingerprint density at radius 2 is 1.07 bits per heavy atom. The number of anilines is 3. The first kappa shape index (κ1) is 35.7. The number of fused-ring (bicyclic) bond motifs is 5. The van der Waals surface area contributed by atoms with E-state index < -0.39 is 0 Å². The molecule has 0 N–H and O–H groups in total. The van der Waals surface area contributed by atoms with Crippen LogP contribution in [0.4, 0.5) is 17.1 Å². The molecular weight excluding hydrogens is 723 g/mol. The van der Waals surface area contributed by atoms with Crippen molar-refractivity contribution >= 4 is 50.3 Å². The summed E-state index contributed by atoms with van der Waals surface area (Å²) in [5.74, 6) is 0.217. The van der Waals surface area contributed by atoms with Crippen molar-refractivity contribution in [3.05, 3.63) is 247 Å². The number of hydrogen-bond acceptors (Lipinski definition) is 1. The van der Waals surface area contributed by atoms with E-state index in [0.29, 0.717) is 0 Å². The summed E-state index contributed by atoms with van der Waals surface area (Å²) in [6, 6.07) is 75.6. The second-order valence-corrected chi connectivity index (χ2v) is 16.3. The van der Waals surface area contributed by atoms with Crippen molar-refractivity contribution in [2.45, 2.75) is 12.3 Å². The van der Waals surface area contributed by atoms with E-state index >= 15 is 0 Å². The summed E-state index contributed by atoms with van der Waals surface area (Å²) >= 11 is 0. The third-order valence-electron chi connectivity index (χ3n) is 12.8. The highest BCUT2D eigenvalue weighted by atomic mass is 15.1. The topological polar surface area (TPSA) is 3.24 Å². The molecule has 9 aromatic carbocycles. The van der Waals surface area contributed by atoms with E-state index in [1.165, 1.54) is 76.5 Å². The number of benzene rings is 9. The Kier molecular flexibility index (Phi) is 8.75. The quantitative estimate of drug-likeness (QED) is 0.146. The second kappa shape index (κ2) is 14.7. The van der Waals surface area contributed by atoms with Gasteiger partial charge in [-0.05, 0) is 119 Å². The maximum Gasteiger partial charge on any atom is 0.0467 e. The van der Waals surface area contributed by atoms with Crippen LogP contribution in [0.5, 0.6) is 0 Å². The molecule has 0 amide bonds. The first-order chi connectivity index (χ1) is 29.6. The van der Waals surface area contributed by atoms with Crippen molar-refractivity contribution in [3.8, 4) is 33.4 Å². The lowest BCUT2D eigenvalue weighted by molar-refractivity contribution is 0.539. The Balaban J connectivity index is 1.08. The Morgan fingerprint density at radius 1 is 0.433 bits per heavy atom. The van der Waals surface area contributed by atoms with Crippen LogP contribution < -0.4 is 15.3 Å². The van der Waals surface area contributed by atoms with E-state index in [0.717, 1.165) is 17.1 Å². The van der Waals surface area contributed by atoms with Gasteiger partial charge >= 0.3 is 0 Å². The standard InChI is InChI=1S/C59H43N/c1-59(40-45-20-6-8-28-53(45)56-31-13-14-32-58(56)59)46-22-16-24-49(39-46)60(47-35-33-42(34-36-47)51-26-10-9-25-50(51)41-17-3-2-4-18-41)48-23-15-21-43(37-48)57-38-44-19-5-7-27-52(44)54-29-11-12-30-55(54)57/h2-40,58H,1H3. The monoisotopic (exact) mass is 765 g/mol. The molecule has 2 unspecified atom stereocenters. The van der Waals surface area contributed by atoms with Gasteiger partial charge in [-0.15, -0.1) is 0 Å². The van der Waals surface area contributed by atoms with Crippen LogP contribution in [-0.2, 0) is 5.41 Å². The van der Waals surface area contributed by atoms with Gasteiger partial charge in [-0.1, -0.05) is 201 Å². The SMILES string of the molecule is CC1(c2cccc(N(c3ccc(-c4ccccc4-c4ccccc4)cc3)c3cccc(-c4cc5ccccc5c5ccccc45)c3)c2)C=c2ccccc2=C2C=CC=CC21. The largest absolute Gasteiger partial charge is 0.310 e. The van der Waals surface area contributed by atoms with Gasteiger partial charge in [-0.3, -0.25) is 0 Å². The van der Waals surface area contributed by atoms with Gasteiger partial charge in [0.2, 0.25) is 0 Å². The van der Waals surface area contributed by atoms with Crippen molar-refractivity contribution in [1.29, 1.82) is 0 Å². The van der Waals surface area contributed by atoms with Crippen LogP contribution in [0.15, 0.2) is 231 Å². The third-order valence-corrected chi connectivity index (χ3v) is 12.8. The molecule has 284 valence electrons. The maximum absolute atomic E-state index is 2.49. The molecule has 0 aliphatic heterocycles. The second-order valence-electron chi connectivity index (χ2n) is 16.3. The molecule has 2 atom stereocenters. The summed E-state index contributed by atoms with van der Waals surface area (Å²) in [6.07, 6.45) is 11.6. The van der Waals surface area contributed by atoms with Crippen molar-refractivity contribution < 1.29 is 0 Å². The van der Waals surface area contributed by atoms with E-state index in [9.17, 15) is 0 Å². The summed E-state index contributed by atoms with van der Waals surface area (Å²) in [4.78, 5) is 2.44.